The second-order valence-corrected chi connectivity index (χ2v) is 15.6. The fourth-order valence-electron chi connectivity index (χ4n) is 9.78. The molecule has 0 radical (unpaired) electrons. The molecule has 0 heterocycles. The molecule has 0 aromatic heterocycles. The first-order valence-electron chi connectivity index (χ1n) is 16.2. The monoisotopic (exact) mass is 558 g/mol. The number of hydrogen-bond donors (Lipinski definition) is 0. The number of rotatable bonds is 5. The van der Waals surface area contributed by atoms with Gasteiger partial charge in [0.25, 0.3) is 0 Å². The van der Waals surface area contributed by atoms with Gasteiger partial charge in [-0.3, -0.25) is 0 Å². The smallest absolute Gasteiger partial charge is 0.0194 e. The van der Waals surface area contributed by atoms with Crippen LogP contribution in [0.5, 0.6) is 0 Å². The third kappa shape index (κ3) is 4.31. The van der Waals surface area contributed by atoms with Gasteiger partial charge < -0.3 is 0 Å². The Bertz CT molecular complexity index is 1600. The van der Waals surface area contributed by atoms with E-state index in [0.717, 1.165) is 31.3 Å². The van der Waals surface area contributed by atoms with Crippen LogP contribution in [-0.4, -0.2) is 0 Å². The highest BCUT2D eigenvalue weighted by molar-refractivity contribution is 5.90. The molecule has 0 saturated heterocycles. The van der Waals surface area contributed by atoms with E-state index in [9.17, 15) is 0 Å². The third-order valence-electron chi connectivity index (χ3n) is 11.5. The predicted octanol–water partition coefficient (Wildman–Crippen LogP) is 12.1. The van der Waals surface area contributed by atoms with Crippen LogP contribution in [-0.2, 0) is 12.8 Å². The van der Waals surface area contributed by atoms with E-state index in [1.165, 1.54) is 72.4 Å². The summed E-state index contributed by atoms with van der Waals surface area (Å²) in [6.45, 7) is 40.2. The van der Waals surface area contributed by atoms with Crippen molar-refractivity contribution in [1.29, 1.82) is 0 Å². The van der Waals surface area contributed by atoms with E-state index in [0.29, 0.717) is 11.8 Å². The summed E-state index contributed by atoms with van der Waals surface area (Å²) in [5.74, 6) is 1.09. The molecular formula is C42H54. The molecule has 0 saturated carbocycles. The molecule has 0 heteroatoms. The topological polar surface area (TPSA) is 0 Å². The van der Waals surface area contributed by atoms with Gasteiger partial charge in [-0.2, -0.15) is 0 Å². The number of benzene rings is 2. The average molecular weight is 559 g/mol. The van der Waals surface area contributed by atoms with Crippen molar-refractivity contribution < 1.29 is 0 Å². The molecule has 0 spiro atoms. The molecule has 0 N–H and O–H groups in total. The van der Waals surface area contributed by atoms with Gasteiger partial charge in [0.05, 0.1) is 0 Å². The Hall–Kier alpha value is -2.86. The average Bonchev–Trinajstić information content (AvgIpc) is 2.85. The van der Waals surface area contributed by atoms with Gasteiger partial charge in [0, 0.05) is 5.41 Å². The normalized spacial score (nSPS) is 27.5. The summed E-state index contributed by atoms with van der Waals surface area (Å²) in [5, 5.41) is 0. The summed E-state index contributed by atoms with van der Waals surface area (Å²) in [5.41, 5.74) is 19.3. The van der Waals surface area contributed by atoms with Gasteiger partial charge in [0.15, 0.2) is 0 Å². The Morgan fingerprint density at radius 2 is 1.62 bits per heavy atom. The van der Waals surface area contributed by atoms with Crippen molar-refractivity contribution in [2.45, 2.75) is 108 Å². The van der Waals surface area contributed by atoms with Crippen LogP contribution in [0.1, 0.15) is 116 Å². The Kier molecular flexibility index (Phi) is 7.36. The molecule has 3 aliphatic carbocycles. The van der Waals surface area contributed by atoms with Crippen molar-refractivity contribution >= 4 is 5.57 Å². The van der Waals surface area contributed by atoms with Gasteiger partial charge in [0.1, 0.15) is 0 Å². The second kappa shape index (κ2) is 10.1. The first-order valence-corrected chi connectivity index (χ1v) is 16.2. The maximum atomic E-state index is 4.96. The van der Waals surface area contributed by atoms with E-state index in [-0.39, 0.29) is 16.2 Å². The third-order valence-corrected chi connectivity index (χ3v) is 11.5. The maximum absolute atomic E-state index is 4.96. The fourth-order valence-corrected chi connectivity index (χ4v) is 9.78. The van der Waals surface area contributed by atoms with Crippen molar-refractivity contribution in [3.05, 3.63) is 111 Å². The minimum atomic E-state index is -0.131. The fraction of sp³-hybridized carbons (Fsp3) is 0.476. The van der Waals surface area contributed by atoms with E-state index in [2.05, 4.69) is 113 Å². The minimum absolute atomic E-state index is 0.0402. The van der Waals surface area contributed by atoms with Gasteiger partial charge in [-0.1, -0.05) is 115 Å². The highest BCUT2D eigenvalue weighted by Crippen LogP contribution is 2.70. The zero-order valence-electron chi connectivity index (χ0n) is 28.5. The Balaban J connectivity index is 1.76. The highest BCUT2D eigenvalue weighted by atomic mass is 14.6. The van der Waals surface area contributed by atoms with Crippen molar-refractivity contribution in [2.24, 2.45) is 22.2 Å². The molecule has 3 atom stereocenters. The van der Waals surface area contributed by atoms with Gasteiger partial charge in [-0.15, -0.1) is 0 Å². The molecule has 5 rings (SSSR count). The van der Waals surface area contributed by atoms with Crippen LogP contribution in [0.2, 0.25) is 0 Å². The molecule has 0 unspecified atom stereocenters. The Morgan fingerprint density at radius 1 is 0.952 bits per heavy atom. The molecule has 2 aromatic rings. The first-order chi connectivity index (χ1) is 19.5. The first kappa shape index (κ1) is 30.6. The summed E-state index contributed by atoms with van der Waals surface area (Å²) in [6, 6.07) is 11.8. The van der Waals surface area contributed by atoms with Crippen molar-refractivity contribution in [3.8, 4) is 11.1 Å². The lowest BCUT2D eigenvalue weighted by Crippen LogP contribution is -2.52. The van der Waals surface area contributed by atoms with Crippen LogP contribution in [0, 0.1) is 29.1 Å². The highest BCUT2D eigenvalue weighted by Gasteiger charge is 2.59. The van der Waals surface area contributed by atoms with Crippen LogP contribution in [0.25, 0.3) is 16.7 Å². The lowest BCUT2D eigenvalue weighted by Gasteiger charge is -2.62. The predicted molar refractivity (Wildman–Crippen MR) is 185 cm³/mol. The van der Waals surface area contributed by atoms with Gasteiger partial charge >= 0.3 is 0 Å². The molecule has 2 aromatic carbocycles. The van der Waals surface area contributed by atoms with E-state index < -0.39 is 0 Å². The molecule has 0 amide bonds. The number of allylic oxidation sites excluding steroid dienone is 7. The molecule has 0 bridgehead atoms. The zero-order chi connectivity index (χ0) is 31.1. The molecule has 3 aliphatic rings. The molecule has 222 valence electrons. The Labute approximate surface area is 257 Å². The molecular weight excluding hydrogens is 504 g/mol. The second-order valence-electron chi connectivity index (χ2n) is 15.6. The summed E-state index contributed by atoms with van der Waals surface area (Å²) in [4.78, 5) is 0. The van der Waals surface area contributed by atoms with Crippen molar-refractivity contribution in [2.75, 3.05) is 0 Å². The van der Waals surface area contributed by atoms with Crippen molar-refractivity contribution in [3.63, 3.8) is 0 Å². The van der Waals surface area contributed by atoms with Crippen LogP contribution in [0.3, 0.4) is 0 Å². The zero-order valence-corrected chi connectivity index (χ0v) is 28.5. The maximum Gasteiger partial charge on any atom is 0.0194 e. The lowest BCUT2D eigenvalue weighted by molar-refractivity contribution is 0.0543. The van der Waals surface area contributed by atoms with Crippen LogP contribution in [0.15, 0.2) is 83.5 Å². The van der Waals surface area contributed by atoms with Gasteiger partial charge in [-0.05, 0) is 137 Å². The molecule has 0 nitrogen and oxygen atoms in total. The van der Waals surface area contributed by atoms with Crippen LogP contribution < -0.4 is 0 Å². The summed E-state index contributed by atoms with van der Waals surface area (Å²) < 4.78 is 0. The van der Waals surface area contributed by atoms with E-state index >= 15 is 0 Å². The summed E-state index contributed by atoms with van der Waals surface area (Å²) in [7, 11) is 0. The molecule has 0 fully saturated rings. The van der Waals surface area contributed by atoms with E-state index in [1.807, 2.05) is 0 Å². The number of fused-ring (bicyclic) bond motifs is 3. The van der Waals surface area contributed by atoms with Crippen LogP contribution in [0.4, 0.5) is 0 Å². The number of hydrogen-bond acceptors (Lipinski definition) is 0. The van der Waals surface area contributed by atoms with Gasteiger partial charge in [0.2, 0.25) is 0 Å². The standard InChI is InChI=1S/C42H54/c1-24(2)18-32-16-15-17-33(19-32)35-20-34(25(3)4)36-22-40(12)23-41(13)21-27(7)37(26(5)6)30(10)42(41,14)31(11)39(40)29(9)38(36)28(35)8/h15-17,19-20,24-25H,5,9-10,18,21-23H2,1-4,6-8,11-14H3/t40-,41+,42-/m1/s1. The van der Waals surface area contributed by atoms with Gasteiger partial charge in [-0.25, -0.2) is 0 Å². The largest absolute Gasteiger partial charge is 0.0955 e. The van der Waals surface area contributed by atoms with Crippen molar-refractivity contribution in [1.82, 2.24) is 0 Å². The molecule has 0 aliphatic heterocycles. The Morgan fingerprint density at radius 3 is 2.21 bits per heavy atom. The minimum Gasteiger partial charge on any atom is -0.0955 e. The SMILES string of the molecule is C=C(C)C1=C(C)C[C@@]2(C)C[C@@]3(C)Cc4c(C(C)C)cc(-c5cccc(CC(C)C)c5)c(C)c4C(=C)C3=C(C)[C@@]2(C)C1=C. The lowest BCUT2D eigenvalue weighted by atomic mass is 9.41. The van der Waals surface area contributed by atoms with Crippen LogP contribution >= 0.6 is 0 Å². The summed E-state index contributed by atoms with van der Waals surface area (Å²) >= 11 is 0. The summed E-state index contributed by atoms with van der Waals surface area (Å²) in [6.07, 6.45) is 4.40. The van der Waals surface area contributed by atoms with E-state index in [4.69, 9.17) is 13.2 Å². The van der Waals surface area contributed by atoms with E-state index in [1.54, 1.807) is 0 Å². The molecule has 42 heavy (non-hydrogen) atoms. The quantitative estimate of drug-likeness (QED) is 0.342.